The summed E-state index contributed by atoms with van der Waals surface area (Å²) in [4.78, 5) is 13.5. The topological polar surface area (TPSA) is 49.8 Å². The molecule has 0 saturated carbocycles. The van der Waals surface area contributed by atoms with Gasteiger partial charge in [0.25, 0.3) is 0 Å². The number of rotatable bonds is 7. The standard InChI is InChI=1S/C15H29NO3/c1-10(2)6-12(7-11(3)4)16(5)14-9-19-8-13(14)15(17)18/h10-14H,6-9H2,1-5H3,(H,17,18). The molecule has 4 nitrogen and oxygen atoms in total. The maximum atomic E-state index is 11.3. The minimum atomic E-state index is -0.734. The number of carbonyl (C=O) groups is 1. The van der Waals surface area contributed by atoms with Crippen molar-refractivity contribution >= 4 is 5.97 Å². The molecule has 0 spiro atoms. The monoisotopic (exact) mass is 271 g/mol. The number of likely N-dealkylation sites (N-methyl/N-ethyl adjacent to an activating group) is 1. The van der Waals surface area contributed by atoms with Crippen LogP contribution < -0.4 is 0 Å². The Bertz CT molecular complexity index is 281. The summed E-state index contributed by atoms with van der Waals surface area (Å²) in [7, 11) is 2.06. The van der Waals surface area contributed by atoms with Crippen LogP contribution in [0.5, 0.6) is 0 Å². The number of carboxylic acid groups (broad SMARTS) is 1. The quantitative estimate of drug-likeness (QED) is 0.773. The third-order valence-corrected chi connectivity index (χ3v) is 3.95. The van der Waals surface area contributed by atoms with Gasteiger partial charge in [0.1, 0.15) is 0 Å². The Labute approximate surface area is 117 Å². The number of hydrogen-bond acceptors (Lipinski definition) is 3. The van der Waals surface area contributed by atoms with Gasteiger partial charge in [0.2, 0.25) is 0 Å². The van der Waals surface area contributed by atoms with Crippen LogP contribution in [0.1, 0.15) is 40.5 Å². The van der Waals surface area contributed by atoms with Crippen molar-refractivity contribution in [2.45, 2.75) is 52.6 Å². The van der Waals surface area contributed by atoms with Crippen LogP contribution in [0.3, 0.4) is 0 Å². The lowest BCUT2D eigenvalue weighted by Crippen LogP contribution is -2.47. The molecule has 0 radical (unpaired) electrons. The molecule has 1 N–H and O–H groups in total. The van der Waals surface area contributed by atoms with E-state index in [2.05, 4.69) is 39.6 Å². The summed E-state index contributed by atoms with van der Waals surface area (Å²) < 4.78 is 5.39. The highest BCUT2D eigenvalue weighted by molar-refractivity contribution is 5.71. The van der Waals surface area contributed by atoms with E-state index < -0.39 is 5.97 Å². The Morgan fingerprint density at radius 1 is 1.21 bits per heavy atom. The van der Waals surface area contributed by atoms with Crippen molar-refractivity contribution < 1.29 is 14.6 Å². The molecule has 1 aliphatic rings. The van der Waals surface area contributed by atoms with Gasteiger partial charge in [-0.1, -0.05) is 27.7 Å². The van der Waals surface area contributed by atoms with Crippen molar-refractivity contribution in [1.29, 1.82) is 0 Å². The molecule has 1 heterocycles. The van der Waals surface area contributed by atoms with Crippen LogP contribution in [0.15, 0.2) is 0 Å². The zero-order chi connectivity index (χ0) is 14.6. The Hall–Kier alpha value is -0.610. The highest BCUT2D eigenvalue weighted by atomic mass is 16.5. The molecule has 1 saturated heterocycles. The lowest BCUT2D eigenvalue weighted by atomic mass is 9.92. The van der Waals surface area contributed by atoms with E-state index in [-0.39, 0.29) is 12.0 Å². The first-order valence-electron chi connectivity index (χ1n) is 7.35. The Balaban J connectivity index is 2.73. The van der Waals surface area contributed by atoms with E-state index in [1.807, 2.05) is 0 Å². The Morgan fingerprint density at radius 3 is 2.16 bits per heavy atom. The van der Waals surface area contributed by atoms with E-state index in [0.29, 0.717) is 31.1 Å². The van der Waals surface area contributed by atoms with Gasteiger partial charge in [-0.15, -0.1) is 0 Å². The first-order valence-corrected chi connectivity index (χ1v) is 7.35. The molecule has 2 unspecified atom stereocenters. The lowest BCUT2D eigenvalue weighted by Gasteiger charge is -2.36. The summed E-state index contributed by atoms with van der Waals surface area (Å²) in [6.45, 7) is 9.78. The van der Waals surface area contributed by atoms with Gasteiger partial charge in [0.05, 0.1) is 19.1 Å². The predicted octanol–water partition coefficient (Wildman–Crippen LogP) is 2.48. The van der Waals surface area contributed by atoms with Crippen LogP contribution in [0.25, 0.3) is 0 Å². The third kappa shape index (κ3) is 4.77. The maximum Gasteiger partial charge on any atom is 0.310 e. The molecular weight excluding hydrogens is 242 g/mol. The SMILES string of the molecule is CC(C)CC(CC(C)C)N(C)C1COCC1C(=O)O. The van der Waals surface area contributed by atoms with Crippen molar-refractivity contribution in [1.82, 2.24) is 4.90 Å². The molecule has 112 valence electrons. The average molecular weight is 271 g/mol. The average Bonchev–Trinajstić information content (AvgIpc) is 2.74. The van der Waals surface area contributed by atoms with E-state index in [1.165, 1.54) is 0 Å². The van der Waals surface area contributed by atoms with Gasteiger partial charge in [-0.25, -0.2) is 0 Å². The van der Waals surface area contributed by atoms with Crippen LogP contribution in [0.2, 0.25) is 0 Å². The molecule has 2 atom stereocenters. The van der Waals surface area contributed by atoms with Crippen molar-refractivity contribution in [3.8, 4) is 0 Å². The maximum absolute atomic E-state index is 11.3. The minimum absolute atomic E-state index is 0.0139. The van der Waals surface area contributed by atoms with Crippen LogP contribution in [0, 0.1) is 17.8 Å². The summed E-state index contributed by atoms with van der Waals surface area (Å²) in [5, 5.41) is 9.27. The van der Waals surface area contributed by atoms with Gasteiger partial charge >= 0.3 is 5.97 Å². The molecule has 0 bridgehead atoms. The van der Waals surface area contributed by atoms with E-state index >= 15 is 0 Å². The highest BCUT2D eigenvalue weighted by Gasteiger charge is 2.38. The Kier molecular flexibility index (Phi) is 6.27. The summed E-state index contributed by atoms with van der Waals surface area (Å²) in [6, 6.07) is 0.452. The molecule has 0 amide bonds. The second-order valence-corrected chi connectivity index (χ2v) is 6.63. The van der Waals surface area contributed by atoms with Crippen LogP contribution in [-0.4, -0.2) is 48.3 Å². The number of ether oxygens (including phenoxy) is 1. The lowest BCUT2D eigenvalue weighted by molar-refractivity contribution is -0.143. The summed E-state index contributed by atoms with van der Waals surface area (Å²) >= 11 is 0. The largest absolute Gasteiger partial charge is 0.481 e. The van der Waals surface area contributed by atoms with E-state index in [1.54, 1.807) is 0 Å². The highest BCUT2D eigenvalue weighted by Crippen LogP contribution is 2.26. The van der Waals surface area contributed by atoms with Crippen molar-refractivity contribution in [3.63, 3.8) is 0 Å². The summed E-state index contributed by atoms with van der Waals surface area (Å²) in [5.74, 6) is 0.127. The molecule has 4 heteroatoms. The first kappa shape index (κ1) is 16.4. The van der Waals surface area contributed by atoms with Gasteiger partial charge < -0.3 is 9.84 Å². The van der Waals surface area contributed by atoms with E-state index in [4.69, 9.17) is 4.74 Å². The fourth-order valence-corrected chi connectivity index (χ4v) is 2.97. The van der Waals surface area contributed by atoms with E-state index in [9.17, 15) is 9.90 Å². The Morgan fingerprint density at radius 2 is 1.74 bits per heavy atom. The molecule has 1 fully saturated rings. The number of carboxylic acids is 1. The fourth-order valence-electron chi connectivity index (χ4n) is 2.97. The molecular formula is C15H29NO3. The van der Waals surface area contributed by atoms with Crippen molar-refractivity contribution in [2.75, 3.05) is 20.3 Å². The molecule has 0 aromatic heterocycles. The first-order chi connectivity index (χ1) is 8.82. The molecule has 19 heavy (non-hydrogen) atoms. The number of nitrogens with zero attached hydrogens (tertiary/aromatic N) is 1. The van der Waals surface area contributed by atoms with Crippen LogP contribution >= 0.6 is 0 Å². The number of hydrogen-bond donors (Lipinski definition) is 1. The van der Waals surface area contributed by atoms with Gasteiger partial charge in [0, 0.05) is 12.1 Å². The zero-order valence-corrected chi connectivity index (χ0v) is 12.9. The molecule has 0 aromatic rings. The zero-order valence-electron chi connectivity index (χ0n) is 12.9. The normalized spacial score (nSPS) is 24.1. The third-order valence-electron chi connectivity index (χ3n) is 3.95. The fraction of sp³-hybridized carbons (Fsp3) is 0.933. The second kappa shape index (κ2) is 7.25. The minimum Gasteiger partial charge on any atom is -0.481 e. The van der Waals surface area contributed by atoms with E-state index in [0.717, 1.165) is 12.8 Å². The summed E-state index contributed by atoms with van der Waals surface area (Å²) in [5.41, 5.74) is 0. The van der Waals surface area contributed by atoms with Gasteiger partial charge in [0.15, 0.2) is 0 Å². The van der Waals surface area contributed by atoms with Crippen molar-refractivity contribution in [3.05, 3.63) is 0 Å². The molecule has 0 aliphatic carbocycles. The number of aliphatic carboxylic acids is 1. The second-order valence-electron chi connectivity index (χ2n) is 6.63. The molecule has 1 aliphatic heterocycles. The van der Waals surface area contributed by atoms with Gasteiger partial charge in [-0.3, -0.25) is 9.69 Å². The molecule has 0 aromatic carbocycles. The smallest absolute Gasteiger partial charge is 0.310 e. The van der Waals surface area contributed by atoms with Gasteiger partial charge in [-0.2, -0.15) is 0 Å². The molecule has 1 rings (SSSR count). The van der Waals surface area contributed by atoms with Gasteiger partial charge in [-0.05, 0) is 31.7 Å². The predicted molar refractivity (Wildman–Crippen MR) is 76.2 cm³/mol. The van der Waals surface area contributed by atoms with Crippen LogP contribution in [-0.2, 0) is 9.53 Å². The van der Waals surface area contributed by atoms with Crippen LogP contribution in [0.4, 0.5) is 0 Å². The van der Waals surface area contributed by atoms with Crippen molar-refractivity contribution in [2.24, 2.45) is 17.8 Å². The summed E-state index contributed by atoms with van der Waals surface area (Å²) in [6.07, 6.45) is 2.22.